The van der Waals surface area contributed by atoms with Crippen LogP contribution in [0, 0.1) is 0 Å². The number of anilines is 2. The summed E-state index contributed by atoms with van der Waals surface area (Å²) >= 11 is 0. The summed E-state index contributed by atoms with van der Waals surface area (Å²) in [5.41, 5.74) is 1.99. The Labute approximate surface area is 184 Å². The van der Waals surface area contributed by atoms with Crippen LogP contribution in [0.2, 0.25) is 0 Å². The molecule has 10 nitrogen and oxygen atoms in total. The van der Waals surface area contributed by atoms with Gasteiger partial charge in [0.25, 0.3) is 0 Å². The van der Waals surface area contributed by atoms with Gasteiger partial charge in [0.05, 0.1) is 36.7 Å². The number of hydrogen-bond donors (Lipinski definition) is 0. The summed E-state index contributed by atoms with van der Waals surface area (Å²) in [6.07, 6.45) is 8.24. The van der Waals surface area contributed by atoms with Crippen molar-refractivity contribution in [3.63, 3.8) is 0 Å². The zero-order valence-corrected chi connectivity index (χ0v) is 18.0. The summed E-state index contributed by atoms with van der Waals surface area (Å²) in [5, 5.41) is 9.48. The van der Waals surface area contributed by atoms with Gasteiger partial charge in [-0.1, -0.05) is 6.92 Å². The van der Waals surface area contributed by atoms with Gasteiger partial charge >= 0.3 is 0 Å². The molecule has 10 heteroatoms. The van der Waals surface area contributed by atoms with Crippen molar-refractivity contribution >= 4 is 22.4 Å². The second-order valence-electron chi connectivity index (χ2n) is 8.14. The van der Waals surface area contributed by atoms with Crippen LogP contribution in [0.4, 0.5) is 11.5 Å². The highest BCUT2D eigenvalue weighted by Crippen LogP contribution is 2.39. The Kier molecular flexibility index (Phi) is 4.53. The van der Waals surface area contributed by atoms with Crippen LogP contribution in [0.15, 0.2) is 41.3 Å². The SMILES string of the molecule is CCc1nnc(C(C)N2C[C@@H]3COCCN3c3nc(-n4ccc5cnccc54)ncc32)o1. The van der Waals surface area contributed by atoms with Crippen molar-refractivity contribution in [2.75, 3.05) is 36.1 Å². The van der Waals surface area contributed by atoms with E-state index in [1.165, 1.54) is 0 Å². The Morgan fingerprint density at radius 3 is 3.03 bits per heavy atom. The van der Waals surface area contributed by atoms with E-state index < -0.39 is 0 Å². The zero-order valence-electron chi connectivity index (χ0n) is 18.0. The van der Waals surface area contributed by atoms with E-state index in [-0.39, 0.29) is 12.1 Å². The number of rotatable bonds is 4. The third-order valence-electron chi connectivity index (χ3n) is 6.27. The molecular weight excluding hydrogens is 408 g/mol. The number of fused-ring (bicyclic) bond motifs is 4. The predicted molar refractivity (Wildman–Crippen MR) is 118 cm³/mol. The maximum Gasteiger partial charge on any atom is 0.238 e. The molecule has 2 atom stereocenters. The van der Waals surface area contributed by atoms with Crippen molar-refractivity contribution in [3.8, 4) is 5.95 Å². The van der Waals surface area contributed by atoms with Crippen LogP contribution in [-0.4, -0.2) is 62.1 Å². The van der Waals surface area contributed by atoms with Crippen LogP contribution in [0.25, 0.3) is 16.9 Å². The number of aromatic nitrogens is 6. The van der Waals surface area contributed by atoms with E-state index in [1.54, 1.807) is 6.20 Å². The van der Waals surface area contributed by atoms with Gasteiger partial charge < -0.3 is 19.0 Å². The van der Waals surface area contributed by atoms with E-state index in [1.807, 2.05) is 42.2 Å². The molecule has 6 rings (SSSR count). The monoisotopic (exact) mass is 432 g/mol. The Hall–Kier alpha value is -3.53. The van der Waals surface area contributed by atoms with Crippen LogP contribution >= 0.6 is 0 Å². The number of aryl methyl sites for hydroxylation is 1. The summed E-state index contributed by atoms with van der Waals surface area (Å²) in [6.45, 7) is 7.00. The van der Waals surface area contributed by atoms with E-state index in [0.717, 1.165) is 35.5 Å². The molecule has 4 aromatic rings. The van der Waals surface area contributed by atoms with Crippen LogP contribution in [0.1, 0.15) is 31.7 Å². The van der Waals surface area contributed by atoms with Crippen molar-refractivity contribution < 1.29 is 9.15 Å². The van der Waals surface area contributed by atoms with Gasteiger partial charge in [-0.15, -0.1) is 10.2 Å². The number of morpholine rings is 1. The average molecular weight is 432 g/mol. The highest BCUT2D eigenvalue weighted by atomic mass is 16.5. The van der Waals surface area contributed by atoms with Gasteiger partial charge in [-0.25, -0.2) is 4.98 Å². The van der Waals surface area contributed by atoms with E-state index in [2.05, 4.69) is 31.9 Å². The molecule has 0 aliphatic carbocycles. The molecule has 0 radical (unpaired) electrons. The maximum atomic E-state index is 5.87. The molecule has 32 heavy (non-hydrogen) atoms. The Morgan fingerprint density at radius 2 is 2.16 bits per heavy atom. The average Bonchev–Trinajstić information content (AvgIpc) is 3.50. The van der Waals surface area contributed by atoms with Crippen LogP contribution in [0.3, 0.4) is 0 Å². The number of hydrogen-bond acceptors (Lipinski definition) is 9. The fourth-order valence-corrected chi connectivity index (χ4v) is 4.53. The van der Waals surface area contributed by atoms with Gasteiger partial charge in [-0.05, 0) is 19.1 Å². The Bertz CT molecular complexity index is 1270. The summed E-state index contributed by atoms with van der Waals surface area (Å²) in [4.78, 5) is 18.6. The van der Waals surface area contributed by atoms with E-state index in [4.69, 9.17) is 19.1 Å². The molecule has 2 aliphatic heterocycles. The van der Waals surface area contributed by atoms with Gasteiger partial charge in [-0.2, -0.15) is 4.98 Å². The van der Waals surface area contributed by atoms with Gasteiger partial charge in [0.1, 0.15) is 6.04 Å². The molecule has 6 heterocycles. The minimum absolute atomic E-state index is 0.0986. The topological polar surface area (TPSA) is 98.2 Å². The van der Waals surface area contributed by atoms with Crippen LogP contribution in [-0.2, 0) is 11.2 Å². The van der Waals surface area contributed by atoms with Crippen LogP contribution < -0.4 is 9.80 Å². The lowest BCUT2D eigenvalue weighted by atomic mass is 10.1. The summed E-state index contributed by atoms with van der Waals surface area (Å²) in [5.74, 6) is 2.79. The molecule has 0 spiro atoms. The normalized spacial score (nSPS) is 19.1. The molecule has 1 saturated heterocycles. The summed E-state index contributed by atoms with van der Waals surface area (Å²) in [7, 11) is 0. The van der Waals surface area contributed by atoms with Gasteiger partial charge in [0.15, 0.2) is 5.82 Å². The first-order chi connectivity index (χ1) is 15.7. The molecule has 4 aromatic heterocycles. The smallest absolute Gasteiger partial charge is 0.238 e. The second kappa shape index (κ2) is 7.56. The predicted octanol–water partition coefficient (Wildman–Crippen LogP) is 2.55. The van der Waals surface area contributed by atoms with E-state index in [9.17, 15) is 0 Å². The van der Waals surface area contributed by atoms with Crippen LogP contribution in [0.5, 0.6) is 0 Å². The number of pyridine rings is 1. The standard InChI is InChI=1S/C22H24N8O2/c1-3-19-26-27-21(32-19)14(2)30-12-16-13-31-9-8-28(16)20-18(30)11-24-22(25-20)29-7-5-15-10-23-6-4-17(15)29/h4-7,10-11,14,16H,3,8-9,12-13H2,1-2H3/t14?,16-/m1/s1. The van der Waals surface area contributed by atoms with Gasteiger partial charge in [-0.3, -0.25) is 9.55 Å². The lowest BCUT2D eigenvalue weighted by molar-refractivity contribution is 0.0928. The fraction of sp³-hybridized carbons (Fsp3) is 0.409. The number of nitrogens with zero attached hydrogens (tertiary/aromatic N) is 8. The highest BCUT2D eigenvalue weighted by Gasteiger charge is 2.38. The van der Waals surface area contributed by atoms with E-state index >= 15 is 0 Å². The lowest BCUT2D eigenvalue weighted by Gasteiger charge is -2.46. The van der Waals surface area contributed by atoms with Gasteiger partial charge in [0.2, 0.25) is 17.7 Å². The molecule has 0 amide bonds. The largest absolute Gasteiger partial charge is 0.423 e. The quantitative estimate of drug-likeness (QED) is 0.482. The first kappa shape index (κ1) is 19.2. The minimum atomic E-state index is -0.0986. The van der Waals surface area contributed by atoms with Gasteiger partial charge in [0, 0.05) is 43.5 Å². The van der Waals surface area contributed by atoms with Crippen molar-refractivity contribution in [2.45, 2.75) is 32.4 Å². The fourth-order valence-electron chi connectivity index (χ4n) is 4.53. The highest BCUT2D eigenvalue weighted by molar-refractivity contribution is 5.80. The molecule has 164 valence electrons. The zero-order chi connectivity index (χ0) is 21.7. The first-order valence-corrected chi connectivity index (χ1v) is 10.9. The molecule has 0 aromatic carbocycles. The third kappa shape index (κ3) is 3.01. The first-order valence-electron chi connectivity index (χ1n) is 10.9. The van der Waals surface area contributed by atoms with Crippen molar-refractivity contribution in [1.29, 1.82) is 0 Å². The Balaban J connectivity index is 1.44. The maximum absolute atomic E-state index is 5.87. The molecule has 1 fully saturated rings. The summed E-state index contributed by atoms with van der Waals surface area (Å²) < 4.78 is 13.7. The molecule has 2 aliphatic rings. The molecule has 0 bridgehead atoms. The minimum Gasteiger partial charge on any atom is -0.423 e. The number of ether oxygens (including phenoxy) is 1. The Morgan fingerprint density at radius 1 is 1.22 bits per heavy atom. The molecular formula is C22H24N8O2. The van der Waals surface area contributed by atoms with Crippen molar-refractivity contribution in [3.05, 3.63) is 48.7 Å². The van der Waals surface area contributed by atoms with Crippen molar-refractivity contribution in [2.24, 2.45) is 0 Å². The third-order valence-corrected chi connectivity index (χ3v) is 6.27. The molecule has 1 unspecified atom stereocenters. The summed E-state index contributed by atoms with van der Waals surface area (Å²) in [6, 6.07) is 4.10. The second-order valence-corrected chi connectivity index (χ2v) is 8.14. The van der Waals surface area contributed by atoms with E-state index in [0.29, 0.717) is 37.4 Å². The van der Waals surface area contributed by atoms with Crippen molar-refractivity contribution in [1.82, 2.24) is 29.7 Å². The molecule has 0 N–H and O–H groups in total. The molecule has 0 saturated carbocycles. The lowest BCUT2D eigenvalue weighted by Crippen LogP contribution is -2.56.